The summed E-state index contributed by atoms with van der Waals surface area (Å²) in [6.45, 7) is 4.49. The van der Waals surface area contributed by atoms with Gasteiger partial charge in [0.15, 0.2) is 0 Å². The summed E-state index contributed by atoms with van der Waals surface area (Å²) >= 11 is 1.32. The highest BCUT2D eigenvalue weighted by Crippen LogP contribution is 2.37. The molecule has 0 aliphatic carbocycles. The molecule has 0 atom stereocenters. The standard InChI is InChI=1S/C22H29N5O5S2/c1-5-11-27-12-10-16-17(13-27)33-21(18(16)20(29)25-22(30)23-2)24-19(28)14-6-8-15(9-7-14)34(31,32)26(3)4/h6-9H,5,10-13H2,1-4H3,(H,24,28)(H2,23,25,29,30). The Kier molecular flexibility index (Phi) is 8.08. The Morgan fingerprint density at radius 1 is 1.12 bits per heavy atom. The van der Waals surface area contributed by atoms with Crippen molar-refractivity contribution >= 4 is 44.2 Å². The second-order valence-electron chi connectivity index (χ2n) is 8.03. The minimum absolute atomic E-state index is 0.0716. The van der Waals surface area contributed by atoms with Crippen LogP contribution in [0.25, 0.3) is 0 Å². The summed E-state index contributed by atoms with van der Waals surface area (Å²) < 4.78 is 25.6. The molecule has 1 aliphatic rings. The number of nitrogens with one attached hydrogen (secondary N) is 3. The number of imide groups is 1. The maximum absolute atomic E-state index is 13.0. The average molecular weight is 508 g/mol. The van der Waals surface area contributed by atoms with E-state index >= 15 is 0 Å². The van der Waals surface area contributed by atoms with E-state index in [1.54, 1.807) is 0 Å². The van der Waals surface area contributed by atoms with Gasteiger partial charge in [-0.3, -0.25) is 19.8 Å². The van der Waals surface area contributed by atoms with E-state index in [1.165, 1.54) is 56.7 Å². The number of carbonyl (C=O) groups excluding carboxylic acids is 3. The average Bonchev–Trinajstić information content (AvgIpc) is 3.16. The molecule has 0 bridgehead atoms. The Hall–Kier alpha value is -2.80. The number of sulfonamides is 1. The van der Waals surface area contributed by atoms with E-state index in [9.17, 15) is 22.8 Å². The van der Waals surface area contributed by atoms with Crippen LogP contribution in [0.15, 0.2) is 29.2 Å². The van der Waals surface area contributed by atoms with Crippen LogP contribution in [0, 0.1) is 0 Å². The molecular weight excluding hydrogens is 478 g/mol. The third-order valence-electron chi connectivity index (χ3n) is 5.48. The summed E-state index contributed by atoms with van der Waals surface area (Å²) in [6.07, 6.45) is 1.64. The fourth-order valence-corrected chi connectivity index (χ4v) is 5.87. The lowest BCUT2D eigenvalue weighted by Gasteiger charge is -2.26. The Bertz CT molecular complexity index is 1190. The van der Waals surface area contributed by atoms with E-state index in [0.717, 1.165) is 34.3 Å². The number of anilines is 1. The van der Waals surface area contributed by atoms with Crippen molar-refractivity contribution in [3.05, 3.63) is 45.8 Å². The van der Waals surface area contributed by atoms with Gasteiger partial charge in [0.05, 0.1) is 10.5 Å². The number of amides is 4. The van der Waals surface area contributed by atoms with E-state index in [-0.39, 0.29) is 10.5 Å². The molecule has 3 N–H and O–H groups in total. The van der Waals surface area contributed by atoms with Gasteiger partial charge in [-0.15, -0.1) is 11.3 Å². The number of hydrogen-bond donors (Lipinski definition) is 3. The van der Waals surface area contributed by atoms with Crippen LogP contribution in [0.2, 0.25) is 0 Å². The monoisotopic (exact) mass is 507 g/mol. The summed E-state index contributed by atoms with van der Waals surface area (Å²) in [4.78, 5) is 41.0. The predicted molar refractivity (Wildman–Crippen MR) is 131 cm³/mol. The summed E-state index contributed by atoms with van der Waals surface area (Å²) in [6, 6.07) is 4.94. The highest BCUT2D eigenvalue weighted by Gasteiger charge is 2.29. The summed E-state index contributed by atoms with van der Waals surface area (Å²) in [5, 5.41) is 7.80. The lowest BCUT2D eigenvalue weighted by atomic mass is 10.0. The van der Waals surface area contributed by atoms with Crippen LogP contribution in [-0.2, 0) is 23.0 Å². The predicted octanol–water partition coefficient (Wildman–Crippen LogP) is 2.09. The van der Waals surface area contributed by atoms with Crippen LogP contribution in [-0.4, -0.2) is 69.7 Å². The molecule has 1 aliphatic heterocycles. The second kappa shape index (κ2) is 10.6. The highest BCUT2D eigenvalue weighted by molar-refractivity contribution is 7.89. The molecule has 0 saturated carbocycles. The number of thiophene rings is 1. The third-order valence-corrected chi connectivity index (χ3v) is 8.44. The van der Waals surface area contributed by atoms with Crippen molar-refractivity contribution in [2.45, 2.75) is 31.2 Å². The van der Waals surface area contributed by atoms with Gasteiger partial charge in [0.25, 0.3) is 11.8 Å². The summed E-state index contributed by atoms with van der Waals surface area (Å²) in [5.41, 5.74) is 1.37. The number of carbonyl (C=O) groups is 3. The molecule has 1 aromatic carbocycles. The first-order chi connectivity index (χ1) is 16.1. The number of rotatable bonds is 7. The molecule has 2 heterocycles. The van der Waals surface area contributed by atoms with Crippen molar-refractivity contribution in [3.8, 4) is 0 Å². The Morgan fingerprint density at radius 2 is 1.79 bits per heavy atom. The normalized spacial score (nSPS) is 13.9. The number of hydrogen-bond acceptors (Lipinski definition) is 7. The summed E-state index contributed by atoms with van der Waals surface area (Å²) in [7, 11) is 0.664. The molecule has 4 amide bonds. The zero-order valence-electron chi connectivity index (χ0n) is 19.6. The summed E-state index contributed by atoms with van der Waals surface area (Å²) in [5.74, 6) is -1.06. The van der Waals surface area contributed by atoms with Crippen LogP contribution in [0.4, 0.5) is 9.80 Å². The molecule has 3 rings (SSSR count). The van der Waals surface area contributed by atoms with Gasteiger partial charge in [0, 0.05) is 44.7 Å². The van der Waals surface area contributed by atoms with Gasteiger partial charge >= 0.3 is 6.03 Å². The maximum Gasteiger partial charge on any atom is 0.321 e. The quantitative estimate of drug-likeness (QED) is 0.527. The van der Waals surface area contributed by atoms with Gasteiger partial charge in [-0.1, -0.05) is 6.92 Å². The van der Waals surface area contributed by atoms with Crippen molar-refractivity contribution in [2.24, 2.45) is 0 Å². The zero-order valence-corrected chi connectivity index (χ0v) is 21.2. The van der Waals surface area contributed by atoms with E-state index in [2.05, 4.69) is 27.8 Å². The minimum atomic E-state index is -3.61. The third kappa shape index (κ3) is 5.46. The van der Waals surface area contributed by atoms with Crippen LogP contribution < -0.4 is 16.0 Å². The fourth-order valence-electron chi connectivity index (χ4n) is 3.68. The van der Waals surface area contributed by atoms with Crippen molar-refractivity contribution in [1.82, 2.24) is 19.8 Å². The van der Waals surface area contributed by atoms with Gasteiger partial charge in [0.2, 0.25) is 10.0 Å². The van der Waals surface area contributed by atoms with Crippen molar-refractivity contribution in [2.75, 3.05) is 39.5 Å². The van der Waals surface area contributed by atoms with Crippen LogP contribution in [0.5, 0.6) is 0 Å². The Balaban J connectivity index is 1.90. The molecule has 12 heteroatoms. The largest absolute Gasteiger partial charge is 0.341 e. The Morgan fingerprint density at radius 3 is 2.38 bits per heavy atom. The molecule has 34 heavy (non-hydrogen) atoms. The molecular formula is C22H29N5O5S2. The zero-order chi connectivity index (χ0) is 25.0. The molecule has 10 nitrogen and oxygen atoms in total. The topological polar surface area (TPSA) is 128 Å². The molecule has 0 saturated heterocycles. The van der Waals surface area contributed by atoms with Crippen LogP contribution in [0.1, 0.15) is 44.5 Å². The molecule has 0 unspecified atom stereocenters. The van der Waals surface area contributed by atoms with E-state index in [1.807, 2.05) is 0 Å². The maximum atomic E-state index is 13.0. The minimum Gasteiger partial charge on any atom is -0.341 e. The molecule has 1 aromatic heterocycles. The first-order valence-electron chi connectivity index (χ1n) is 10.8. The van der Waals surface area contributed by atoms with Gasteiger partial charge in [-0.05, 0) is 49.2 Å². The molecule has 0 fully saturated rings. The SMILES string of the molecule is CCCN1CCc2c(sc(NC(=O)c3ccc(S(=O)(=O)N(C)C)cc3)c2C(=O)NC(=O)NC)C1. The molecule has 184 valence electrons. The van der Waals surface area contributed by atoms with Crippen molar-refractivity contribution in [3.63, 3.8) is 0 Å². The first-order valence-corrected chi connectivity index (χ1v) is 13.1. The lowest BCUT2D eigenvalue weighted by molar-refractivity contribution is 0.0964. The van der Waals surface area contributed by atoms with Crippen LogP contribution >= 0.6 is 11.3 Å². The van der Waals surface area contributed by atoms with Gasteiger partial charge in [-0.25, -0.2) is 17.5 Å². The second-order valence-corrected chi connectivity index (χ2v) is 11.3. The fraction of sp³-hybridized carbons (Fsp3) is 0.409. The molecule has 0 spiro atoms. The highest BCUT2D eigenvalue weighted by atomic mass is 32.2. The van der Waals surface area contributed by atoms with Gasteiger partial charge < -0.3 is 10.6 Å². The number of urea groups is 1. The van der Waals surface area contributed by atoms with Crippen LogP contribution in [0.3, 0.4) is 0 Å². The number of benzene rings is 1. The van der Waals surface area contributed by atoms with Gasteiger partial charge in [-0.2, -0.15) is 0 Å². The van der Waals surface area contributed by atoms with Crippen molar-refractivity contribution in [1.29, 1.82) is 0 Å². The number of fused-ring (bicyclic) bond motifs is 1. The van der Waals surface area contributed by atoms with E-state index in [4.69, 9.17) is 0 Å². The van der Waals surface area contributed by atoms with E-state index < -0.39 is 27.9 Å². The van der Waals surface area contributed by atoms with Crippen molar-refractivity contribution < 1.29 is 22.8 Å². The number of nitrogens with zero attached hydrogens (tertiary/aromatic N) is 2. The van der Waals surface area contributed by atoms with Gasteiger partial charge in [0.1, 0.15) is 5.00 Å². The smallest absolute Gasteiger partial charge is 0.321 e. The Labute approximate surface area is 203 Å². The van der Waals surface area contributed by atoms with E-state index in [0.29, 0.717) is 23.5 Å². The molecule has 0 radical (unpaired) electrons. The lowest BCUT2D eigenvalue weighted by Crippen LogP contribution is -2.38. The molecule has 2 aromatic rings. The first kappa shape index (κ1) is 25.8.